The lowest BCUT2D eigenvalue weighted by Crippen LogP contribution is -2.30. The van der Waals surface area contributed by atoms with E-state index in [0.29, 0.717) is 25.1 Å². The van der Waals surface area contributed by atoms with Gasteiger partial charge in [0, 0.05) is 18.7 Å². The van der Waals surface area contributed by atoms with Gasteiger partial charge in [0.2, 0.25) is 0 Å². The van der Waals surface area contributed by atoms with Gasteiger partial charge in [0.15, 0.2) is 0 Å². The van der Waals surface area contributed by atoms with Gasteiger partial charge in [-0.15, -0.1) is 0 Å². The first-order valence-electron chi connectivity index (χ1n) is 8.42. The second-order valence-electron chi connectivity index (χ2n) is 6.48. The van der Waals surface area contributed by atoms with Crippen LogP contribution in [0.4, 0.5) is 0 Å². The van der Waals surface area contributed by atoms with E-state index in [1.807, 2.05) is 12.1 Å². The van der Waals surface area contributed by atoms with Crippen LogP contribution in [0.3, 0.4) is 0 Å². The molecule has 0 unspecified atom stereocenters. The molecule has 1 aromatic carbocycles. The molecule has 1 heterocycles. The molecular formula is C18H23NO4. The Balaban J connectivity index is 1.64. The highest BCUT2D eigenvalue weighted by atomic mass is 16.5. The molecule has 1 saturated carbocycles. The SMILES string of the molecule is O=C(O)[C@H]1CCN(C(=O)c2cccc(OC3CCCCC3)c2)C1. The average Bonchev–Trinajstić information content (AvgIpc) is 3.06. The van der Waals surface area contributed by atoms with Gasteiger partial charge in [-0.2, -0.15) is 0 Å². The third-order valence-electron chi connectivity index (χ3n) is 4.76. The lowest BCUT2D eigenvalue weighted by atomic mass is 9.98. The van der Waals surface area contributed by atoms with Gasteiger partial charge in [-0.05, 0) is 50.3 Å². The second-order valence-corrected chi connectivity index (χ2v) is 6.48. The number of hydrogen-bond acceptors (Lipinski definition) is 3. The molecule has 3 rings (SSSR count). The summed E-state index contributed by atoms with van der Waals surface area (Å²) in [4.78, 5) is 25.2. The molecule has 1 aromatic rings. The summed E-state index contributed by atoms with van der Waals surface area (Å²) in [6, 6.07) is 7.26. The zero-order chi connectivity index (χ0) is 16.2. The number of ether oxygens (including phenoxy) is 1. The van der Waals surface area contributed by atoms with Crippen LogP contribution in [0.5, 0.6) is 5.75 Å². The summed E-state index contributed by atoms with van der Waals surface area (Å²) in [5.41, 5.74) is 0.573. The van der Waals surface area contributed by atoms with Crippen molar-refractivity contribution in [2.75, 3.05) is 13.1 Å². The van der Waals surface area contributed by atoms with Gasteiger partial charge in [0.1, 0.15) is 5.75 Å². The van der Waals surface area contributed by atoms with Crippen molar-refractivity contribution in [2.24, 2.45) is 5.92 Å². The molecule has 1 atom stereocenters. The second kappa shape index (κ2) is 7.02. The van der Waals surface area contributed by atoms with Gasteiger partial charge in [0.25, 0.3) is 5.91 Å². The Morgan fingerprint density at radius 1 is 1.13 bits per heavy atom. The monoisotopic (exact) mass is 317 g/mol. The highest BCUT2D eigenvalue weighted by Gasteiger charge is 2.31. The van der Waals surface area contributed by atoms with Crippen molar-refractivity contribution in [3.8, 4) is 5.75 Å². The van der Waals surface area contributed by atoms with E-state index >= 15 is 0 Å². The van der Waals surface area contributed by atoms with Crippen molar-refractivity contribution in [3.05, 3.63) is 29.8 Å². The first-order valence-corrected chi connectivity index (χ1v) is 8.42. The lowest BCUT2D eigenvalue weighted by molar-refractivity contribution is -0.141. The number of benzene rings is 1. The Morgan fingerprint density at radius 3 is 2.61 bits per heavy atom. The van der Waals surface area contributed by atoms with Gasteiger partial charge >= 0.3 is 5.97 Å². The normalized spacial score (nSPS) is 22.1. The molecule has 0 aromatic heterocycles. The van der Waals surface area contributed by atoms with Crippen LogP contribution in [0.15, 0.2) is 24.3 Å². The number of rotatable bonds is 4. The van der Waals surface area contributed by atoms with Gasteiger partial charge in [0.05, 0.1) is 12.0 Å². The number of carbonyl (C=O) groups excluding carboxylic acids is 1. The fourth-order valence-corrected chi connectivity index (χ4v) is 3.41. The minimum atomic E-state index is -0.824. The number of likely N-dealkylation sites (tertiary alicyclic amines) is 1. The van der Waals surface area contributed by atoms with Crippen molar-refractivity contribution < 1.29 is 19.4 Å². The Hall–Kier alpha value is -2.04. The van der Waals surface area contributed by atoms with Crippen molar-refractivity contribution in [2.45, 2.75) is 44.6 Å². The molecule has 2 aliphatic rings. The molecule has 1 saturated heterocycles. The number of carbonyl (C=O) groups is 2. The standard InChI is InChI=1S/C18H23NO4/c20-17(19-10-9-14(12-19)18(21)22)13-5-4-8-16(11-13)23-15-6-2-1-3-7-15/h4-5,8,11,14-15H,1-3,6-7,9-10,12H2,(H,21,22)/t14-/m0/s1. The van der Waals surface area contributed by atoms with E-state index in [-0.39, 0.29) is 12.0 Å². The predicted molar refractivity (Wildman–Crippen MR) is 85.6 cm³/mol. The van der Waals surface area contributed by atoms with E-state index < -0.39 is 11.9 Å². The van der Waals surface area contributed by atoms with Crippen molar-refractivity contribution in [1.29, 1.82) is 0 Å². The predicted octanol–water partition coefficient (Wildman–Crippen LogP) is 2.94. The fourth-order valence-electron chi connectivity index (χ4n) is 3.41. The van der Waals surface area contributed by atoms with Crippen LogP contribution in [0.2, 0.25) is 0 Å². The largest absolute Gasteiger partial charge is 0.490 e. The van der Waals surface area contributed by atoms with Crippen LogP contribution >= 0.6 is 0 Å². The minimum Gasteiger partial charge on any atom is -0.490 e. The van der Waals surface area contributed by atoms with Gasteiger partial charge < -0.3 is 14.7 Å². The topological polar surface area (TPSA) is 66.8 Å². The molecule has 124 valence electrons. The molecule has 2 fully saturated rings. The zero-order valence-corrected chi connectivity index (χ0v) is 13.2. The first-order chi connectivity index (χ1) is 11.1. The summed E-state index contributed by atoms with van der Waals surface area (Å²) in [6.45, 7) is 0.797. The van der Waals surface area contributed by atoms with Crippen molar-refractivity contribution in [1.82, 2.24) is 4.90 Å². The Bertz CT molecular complexity index is 580. The summed E-state index contributed by atoms with van der Waals surface area (Å²) in [7, 11) is 0. The number of carboxylic acid groups (broad SMARTS) is 1. The number of nitrogens with zero attached hydrogens (tertiary/aromatic N) is 1. The maximum absolute atomic E-state index is 12.5. The van der Waals surface area contributed by atoms with E-state index in [2.05, 4.69) is 0 Å². The molecule has 5 heteroatoms. The molecule has 1 N–H and O–H groups in total. The Labute approximate surface area is 136 Å². The van der Waals surface area contributed by atoms with E-state index in [1.54, 1.807) is 17.0 Å². The smallest absolute Gasteiger partial charge is 0.308 e. The number of hydrogen-bond donors (Lipinski definition) is 1. The summed E-state index contributed by atoms with van der Waals surface area (Å²) < 4.78 is 6.00. The fraction of sp³-hybridized carbons (Fsp3) is 0.556. The number of aliphatic carboxylic acids is 1. The van der Waals surface area contributed by atoms with Crippen LogP contribution in [-0.2, 0) is 4.79 Å². The third-order valence-corrected chi connectivity index (χ3v) is 4.76. The van der Waals surface area contributed by atoms with Crippen LogP contribution in [-0.4, -0.2) is 41.1 Å². The van der Waals surface area contributed by atoms with Crippen molar-refractivity contribution in [3.63, 3.8) is 0 Å². The molecule has 0 spiro atoms. The third kappa shape index (κ3) is 3.84. The van der Waals surface area contributed by atoms with E-state index in [9.17, 15) is 9.59 Å². The van der Waals surface area contributed by atoms with Crippen LogP contribution in [0, 0.1) is 5.92 Å². The van der Waals surface area contributed by atoms with Gasteiger partial charge in [-0.1, -0.05) is 12.5 Å². The first kappa shape index (κ1) is 15.8. The summed E-state index contributed by atoms with van der Waals surface area (Å²) in [5.74, 6) is -0.644. The van der Waals surface area contributed by atoms with Gasteiger partial charge in [-0.3, -0.25) is 9.59 Å². The zero-order valence-electron chi connectivity index (χ0n) is 13.2. The molecular weight excluding hydrogens is 294 g/mol. The van der Waals surface area contributed by atoms with E-state index in [0.717, 1.165) is 18.6 Å². The lowest BCUT2D eigenvalue weighted by Gasteiger charge is -2.23. The maximum Gasteiger partial charge on any atom is 0.308 e. The molecule has 0 bridgehead atoms. The molecule has 23 heavy (non-hydrogen) atoms. The number of amides is 1. The molecule has 1 aliphatic carbocycles. The highest BCUT2D eigenvalue weighted by molar-refractivity contribution is 5.95. The number of carboxylic acids is 1. The van der Waals surface area contributed by atoms with Crippen LogP contribution < -0.4 is 4.74 Å². The molecule has 1 aliphatic heterocycles. The summed E-state index contributed by atoms with van der Waals surface area (Å²) in [5, 5.41) is 9.05. The summed E-state index contributed by atoms with van der Waals surface area (Å²) in [6.07, 6.45) is 6.60. The molecule has 1 amide bonds. The van der Waals surface area contributed by atoms with E-state index in [4.69, 9.17) is 9.84 Å². The minimum absolute atomic E-state index is 0.108. The highest BCUT2D eigenvalue weighted by Crippen LogP contribution is 2.25. The van der Waals surface area contributed by atoms with Crippen LogP contribution in [0.25, 0.3) is 0 Å². The van der Waals surface area contributed by atoms with Gasteiger partial charge in [-0.25, -0.2) is 0 Å². The van der Waals surface area contributed by atoms with Crippen molar-refractivity contribution >= 4 is 11.9 Å². The Kier molecular flexibility index (Phi) is 4.84. The Morgan fingerprint density at radius 2 is 1.91 bits per heavy atom. The molecule has 0 radical (unpaired) electrons. The van der Waals surface area contributed by atoms with Crippen LogP contribution in [0.1, 0.15) is 48.9 Å². The maximum atomic E-state index is 12.5. The summed E-state index contributed by atoms with van der Waals surface area (Å²) >= 11 is 0. The molecule has 5 nitrogen and oxygen atoms in total. The average molecular weight is 317 g/mol. The van der Waals surface area contributed by atoms with E-state index in [1.165, 1.54) is 19.3 Å². The quantitative estimate of drug-likeness (QED) is 0.927.